The molecule has 1 aromatic heterocycles. The van der Waals surface area contributed by atoms with Crippen LogP contribution < -0.4 is 4.74 Å². The molecule has 1 aromatic carbocycles. The molecule has 2 aromatic rings. The number of nitrogens with zero attached hydrogens (tertiary/aromatic N) is 1. The van der Waals surface area contributed by atoms with Crippen molar-refractivity contribution in [3.05, 3.63) is 45.4 Å². The zero-order chi connectivity index (χ0) is 15.6. The Kier molecular flexibility index (Phi) is 4.32. The highest BCUT2D eigenvalue weighted by atomic mass is 32.1. The average Bonchev–Trinajstić information content (AvgIpc) is 2.83. The van der Waals surface area contributed by atoms with E-state index in [2.05, 4.69) is 4.98 Å². The van der Waals surface area contributed by atoms with Gasteiger partial charge < -0.3 is 9.84 Å². The Hall–Kier alpha value is -1.88. The van der Waals surface area contributed by atoms with Gasteiger partial charge in [0, 0.05) is 11.8 Å². The molecule has 5 heteroatoms. The van der Waals surface area contributed by atoms with Gasteiger partial charge in [-0.25, -0.2) is 9.78 Å². The predicted octanol–water partition coefficient (Wildman–Crippen LogP) is 3.74. The second kappa shape index (κ2) is 5.85. The van der Waals surface area contributed by atoms with Gasteiger partial charge in [0.25, 0.3) is 0 Å². The molecule has 21 heavy (non-hydrogen) atoms. The minimum absolute atomic E-state index is 0.151. The van der Waals surface area contributed by atoms with E-state index < -0.39 is 5.97 Å². The molecule has 0 fully saturated rings. The first-order valence-electron chi connectivity index (χ1n) is 6.67. The molecule has 0 bridgehead atoms. The van der Waals surface area contributed by atoms with Crippen molar-refractivity contribution < 1.29 is 14.6 Å². The molecule has 2 rings (SSSR count). The van der Waals surface area contributed by atoms with Gasteiger partial charge in [0.1, 0.15) is 10.6 Å². The zero-order valence-electron chi connectivity index (χ0n) is 12.6. The summed E-state index contributed by atoms with van der Waals surface area (Å²) in [6.45, 7) is 6.10. The van der Waals surface area contributed by atoms with Gasteiger partial charge in [-0.05, 0) is 17.7 Å². The molecule has 1 heterocycles. The van der Waals surface area contributed by atoms with E-state index in [9.17, 15) is 9.90 Å². The fourth-order valence-electron chi connectivity index (χ4n) is 1.94. The Morgan fingerprint density at radius 2 is 2.10 bits per heavy atom. The summed E-state index contributed by atoms with van der Waals surface area (Å²) in [5.41, 5.74) is 1.45. The Morgan fingerprint density at radius 1 is 1.38 bits per heavy atom. The van der Waals surface area contributed by atoms with Crippen LogP contribution in [-0.4, -0.2) is 23.2 Å². The fourth-order valence-corrected chi connectivity index (χ4v) is 2.91. The first-order valence-corrected chi connectivity index (χ1v) is 7.49. The van der Waals surface area contributed by atoms with Gasteiger partial charge in [0.15, 0.2) is 0 Å². The highest BCUT2D eigenvalue weighted by molar-refractivity contribution is 7.13. The summed E-state index contributed by atoms with van der Waals surface area (Å²) in [5, 5.41) is 10.2. The van der Waals surface area contributed by atoms with Crippen molar-refractivity contribution in [2.75, 3.05) is 7.11 Å². The van der Waals surface area contributed by atoms with Crippen molar-refractivity contribution in [1.82, 2.24) is 4.98 Å². The summed E-state index contributed by atoms with van der Waals surface area (Å²) in [6.07, 6.45) is 0.491. The number of benzene rings is 1. The molecular formula is C16H19NO3S. The summed E-state index contributed by atoms with van der Waals surface area (Å²) in [4.78, 5) is 16.3. The molecule has 4 nitrogen and oxygen atoms in total. The number of ether oxygens (including phenoxy) is 1. The second-order valence-electron chi connectivity index (χ2n) is 5.88. The summed E-state index contributed by atoms with van der Waals surface area (Å²) >= 11 is 1.26. The third-order valence-electron chi connectivity index (χ3n) is 3.04. The Labute approximate surface area is 128 Å². The largest absolute Gasteiger partial charge is 0.497 e. The van der Waals surface area contributed by atoms with Gasteiger partial charge in [-0.2, -0.15) is 0 Å². The van der Waals surface area contributed by atoms with Crippen LogP contribution in [0.5, 0.6) is 5.75 Å². The third kappa shape index (κ3) is 3.61. The van der Waals surface area contributed by atoms with Crippen molar-refractivity contribution in [2.24, 2.45) is 0 Å². The maximum atomic E-state index is 11.4. The maximum absolute atomic E-state index is 11.4. The number of aromatic carboxylic acids is 1. The molecule has 0 saturated heterocycles. The Morgan fingerprint density at radius 3 is 2.67 bits per heavy atom. The molecule has 0 saturated carbocycles. The van der Waals surface area contributed by atoms with E-state index in [0.717, 1.165) is 16.3 Å². The zero-order valence-corrected chi connectivity index (χ0v) is 13.5. The summed E-state index contributed by atoms with van der Waals surface area (Å²) in [7, 11) is 1.61. The van der Waals surface area contributed by atoms with Gasteiger partial charge in [0.05, 0.1) is 17.8 Å². The van der Waals surface area contributed by atoms with Gasteiger partial charge >= 0.3 is 5.97 Å². The number of carbonyl (C=O) groups is 1. The lowest BCUT2D eigenvalue weighted by molar-refractivity contribution is 0.0701. The number of hydrogen-bond acceptors (Lipinski definition) is 4. The summed E-state index contributed by atoms with van der Waals surface area (Å²) in [5.74, 6) is -0.156. The highest BCUT2D eigenvalue weighted by Crippen LogP contribution is 2.30. The molecule has 0 radical (unpaired) electrons. The molecule has 0 amide bonds. The Bertz CT molecular complexity index is 656. The molecule has 0 atom stereocenters. The molecular weight excluding hydrogens is 286 g/mol. The minimum atomic E-state index is -0.916. The molecule has 0 aliphatic heterocycles. The molecule has 1 N–H and O–H groups in total. The average molecular weight is 305 g/mol. The van der Waals surface area contributed by atoms with E-state index in [-0.39, 0.29) is 5.41 Å². The van der Waals surface area contributed by atoms with Gasteiger partial charge in [-0.15, -0.1) is 11.3 Å². The Balaban J connectivity index is 2.38. The van der Waals surface area contributed by atoms with E-state index in [1.54, 1.807) is 7.11 Å². The number of carboxylic acid groups (broad SMARTS) is 1. The van der Waals surface area contributed by atoms with Crippen LogP contribution in [0.4, 0.5) is 0 Å². The van der Waals surface area contributed by atoms with E-state index >= 15 is 0 Å². The molecule has 0 aliphatic carbocycles. The van der Waals surface area contributed by atoms with Crippen molar-refractivity contribution in [1.29, 1.82) is 0 Å². The van der Waals surface area contributed by atoms with Gasteiger partial charge in [-0.3, -0.25) is 0 Å². The van der Waals surface area contributed by atoms with E-state index in [0.29, 0.717) is 17.0 Å². The summed E-state index contributed by atoms with van der Waals surface area (Å²) in [6, 6.07) is 7.61. The number of thiazole rings is 1. The van der Waals surface area contributed by atoms with Crippen LogP contribution in [-0.2, 0) is 11.8 Å². The minimum Gasteiger partial charge on any atom is -0.497 e. The number of methoxy groups -OCH3 is 1. The quantitative estimate of drug-likeness (QED) is 0.935. The lowest BCUT2D eigenvalue weighted by atomic mass is 9.98. The molecule has 0 unspecified atom stereocenters. The van der Waals surface area contributed by atoms with Crippen molar-refractivity contribution >= 4 is 17.3 Å². The van der Waals surface area contributed by atoms with Crippen LogP contribution in [0.1, 0.15) is 46.7 Å². The number of carboxylic acids is 1. The fraction of sp³-hybridized carbons (Fsp3) is 0.375. The number of rotatable bonds is 4. The summed E-state index contributed by atoms with van der Waals surface area (Å²) < 4.78 is 5.20. The first-order chi connectivity index (χ1) is 9.81. The van der Waals surface area contributed by atoms with E-state index in [1.807, 2.05) is 45.0 Å². The SMILES string of the molecule is COc1cccc(Cc2nc(C(C)(C)C)sc2C(=O)O)c1. The normalized spacial score (nSPS) is 11.4. The van der Waals surface area contributed by atoms with Gasteiger partial charge in [0.2, 0.25) is 0 Å². The van der Waals surface area contributed by atoms with Crippen LogP contribution in [0.15, 0.2) is 24.3 Å². The van der Waals surface area contributed by atoms with Crippen molar-refractivity contribution in [3.8, 4) is 5.75 Å². The second-order valence-corrected chi connectivity index (χ2v) is 6.88. The third-order valence-corrected chi connectivity index (χ3v) is 4.55. The molecule has 0 spiro atoms. The maximum Gasteiger partial charge on any atom is 0.347 e. The molecule has 112 valence electrons. The lowest BCUT2D eigenvalue weighted by Crippen LogP contribution is -2.10. The van der Waals surface area contributed by atoms with E-state index in [4.69, 9.17) is 4.74 Å². The monoisotopic (exact) mass is 305 g/mol. The number of aromatic nitrogens is 1. The number of hydrogen-bond donors (Lipinski definition) is 1. The van der Waals surface area contributed by atoms with Crippen LogP contribution in [0, 0.1) is 0 Å². The molecule has 0 aliphatic rings. The lowest BCUT2D eigenvalue weighted by Gasteiger charge is -2.13. The smallest absolute Gasteiger partial charge is 0.347 e. The van der Waals surface area contributed by atoms with Crippen molar-refractivity contribution in [3.63, 3.8) is 0 Å². The van der Waals surface area contributed by atoms with E-state index in [1.165, 1.54) is 11.3 Å². The van der Waals surface area contributed by atoms with Crippen molar-refractivity contribution in [2.45, 2.75) is 32.6 Å². The predicted molar refractivity (Wildman–Crippen MR) is 83.6 cm³/mol. The topological polar surface area (TPSA) is 59.4 Å². The van der Waals surface area contributed by atoms with Crippen LogP contribution >= 0.6 is 11.3 Å². The first kappa shape index (κ1) is 15.5. The van der Waals surface area contributed by atoms with Crippen LogP contribution in [0.25, 0.3) is 0 Å². The standard InChI is InChI=1S/C16H19NO3S/c1-16(2,3)15-17-12(13(21-15)14(18)19)9-10-6-5-7-11(8-10)20-4/h5-8H,9H2,1-4H3,(H,18,19). The highest BCUT2D eigenvalue weighted by Gasteiger charge is 2.24. The van der Waals surface area contributed by atoms with Crippen LogP contribution in [0.3, 0.4) is 0 Å². The van der Waals surface area contributed by atoms with Crippen LogP contribution in [0.2, 0.25) is 0 Å². The van der Waals surface area contributed by atoms with Gasteiger partial charge in [-0.1, -0.05) is 32.9 Å².